The van der Waals surface area contributed by atoms with Crippen LogP contribution in [0.1, 0.15) is 30.7 Å². The molecule has 2 aromatic rings. The quantitative estimate of drug-likeness (QED) is 0.934. The number of alkyl halides is 1. The average Bonchev–Trinajstić information content (AvgIpc) is 3.04. The van der Waals surface area contributed by atoms with Crippen molar-refractivity contribution in [2.45, 2.75) is 37.6 Å². The summed E-state index contributed by atoms with van der Waals surface area (Å²) < 4.78 is 50.7. The highest BCUT2D eigenvalue weighted by atomic mass is 32.2. The standard InChI is InChI=1S/C14H15FN2O4S/c1-14(2,15)12-6-13(16-21-12)17-22(18,19)11-4-3-9-7-20-8-10(9)5-11/h3-6H,7-8H2,1-2H3,(H,16,17). The average molecular weight is 326 g/mol. The van der Waals surface area contributed by atoms with E-state index in [-0.39, 0.29) is 16.5 Å². The second-order valence-corrected chi connectivity index (χ2v) is 7.26. The van der Waals surface area contributed by atoms with Crippen LogP contribution in [0.4, 0.5) is 10.2 Å². The SMILES string of the molecule is CC(C)(F)c1cc(NS(=O)(=O)c2ccc3c(c2)COC3)no1. The zero-order valence-corrected chi connectivity index (χ0v) is 12.9. The van der Waals surface area contributed by atoms with Crippen molar-refractivity contribution in [2.75, 3.05) is 4.72 Å². The van der Waals surface area contributed by atoms with Crippen LogP contribution in [0.25, 0.3) is 0 Å². The first-order chi connectivity index (χ1) is 10.3. The molecule has 1 aromatic carbocycles. The number of fused-ring (bicyclic) bond motifs is 1. The van der Waals surface area contributed by atoms with Crippen molar-refractivity contribution in [1.82, 2.24) is 5.16 Å². The molecule has 22 heavy (non-hydrogen) atoms. The summed E-state index contributed by atoms with van der Waals surface area (Å²) in [6, 6.07) is 6.00. The third-order valence-electron chi connectivity index (χ3n) is 3.34. The van der Waals surface area contributed by atoms with Gasteiger partial charge < -0.3 is 9.26 Å². The van der Waals surface area contributed by atoms with Gasteiger partial charge in [0.05, 0.1) is 18.1 Å². The number of benzene rings is 1. The van der Waals surface area contributed by atoms with E-state index < -0.39 is 15.7 Å². The minimum atomic E-state index is -3.82. The molecule has 0 atom stereocenters. The van der Waals surface area contributed by atoms with E-state index in [4.69, 9.17) is 9.26 Å². The van der Waals surface area contributed by atoms with Crippen LogP contribution in [0.2, 0.25) is 0 Å². The van der Waals surface area contributed by atoms with Crippen molar-refractivity contribution in [1.29, 1.82) is 0 Å². The molecule has 1 aliphatic heterocycles. The van der Waals surface area contributed by atoms with Gasteiger partial charge in [-0.15, -0.1) is 0 Å². The number of aromatic nitrogens is 1. The van der Waals surface area contributed by atoms with E-state index in [0.29, 0.717) is 13.2 Å². The summed E-state index contributed by atoms with van der Waals surface area (Å²) in [5.74, 6) is -0.106. The molecule has 2 heterocycles. The first-order valence-electron chi connectivity index (χ1n) is 6.64. The molecule has 0 spiro atoms. The predicted octanol–water partition coefficient (Wildman–Crippen LogP) is 2.71. The van der Waals surface area contributed by atoms with Gasteiger partial charge in [0.2, 0.25) is 0 Å². The van der Waals surface area contributed by atoms with Crippen LogP contribution in [-0.4, -0.2) is 13.6 Å². The molecule has 8 heteroatoms. The Balaban J connectivity index is 1.86. The molecule has 0 fully saturated rings. The monoisotopic (exact) mass is 326 g/mol. The van der Waals surface area contributed by atoms with Crippen LogP contribution >= 0.6 is 0 Å². The summed E-state index contributed by atoms with van der Waals surface area (Å²) in [6.07, 6.45) is 0. The Morgan fingerprint density at radius 2 is 1.95 bits per heavy atom. The number of sulfonamides is 1. The van der Waals surface area contributed by atoms with Crippen LogP contribution in [-0.2, 0) is 33.6 Å². The van der Waals surface area contributed by atoms with E-state index in [9.17, 15) is 12.8 Å². The maximum atomic E-state index is 13.7. The molecule has 0 amide bonds. The van der Waals surface area contributed by atoms with Gasteiger partial charge in [0.15, 0.2) is 17.2 Å². The molecule has 1 aromatic heterocycles. The van der Waals surface area contributed by atoms with Crippen molar-refractivity contribution in [3.63, 3.8) is 0 Å². The maximum Gasteiger partial charge on any atom is 0.263 e. The molecule has 0 unspecified atom stereocenters. The number of halogens is 1. The summed E-state index contributed by atoms with van der Waals surface area (Å²) in [4.78, 5) is 0.0980. The van der Waals surface area contributed by atoms with Gasteiger partial charge >= 0.3 is 0 Å². The molecule has 0 bridgehead atoms. The lowest BCUT2D eigenvalue weighted by Gasteiger charge is -2.07. The second-order valence-electron chi connectivity index (χ2n) is 5.58. The van der Waals surface area contributed by atoms with E-state index >= 15 is 0 Å². The maximum absolute atomic E-state index is 13.7. The number of hydrogen-bond donors (Lipinski definition) is 1. The Bertz CT molecular complexity index is 808. The minimum Gasteiger partial charge on any atom is -0.372 e. The van der Waals surface area contributed by atoms with Crippen molar-refractivity contribution >= 4 is 15.8 Å². The highest BCUT2D eigenvalue weighted by Crippen LogP contribution is 2.28. The number of anilines is 1. The van der Waals surface area contributed by atoms with Crippen molar-refractivity contribution in [3.05, 3.63) is 41.2 Å². The molecule has 3 rings (SSSR count). The fraction of sp³-hybridized carbons (Fsp3) is 0.357. The van der Waals surface area contributed by atoms with Crippen LogP contribution in [0.5, 0.6) is 0 Å². The van der Waals surface area contributed by atoms with Gasteiger partial charge in [-0.25, -0.2) is 12.8 Å². The van der Waals surface area contributed by atoms with Gasteiger partial charge in [-0.2, -0.15) is 0 Å². The Hall–Kier alpha value is -1.93. The van der Waals surface area contributed by atoms with E-state index in [2.05, 4.69) is 9.88 Å². The summed E-state index contributed by atoms with van der Waals surface area (Å²) in [6.45, 7) is 3.47. The molecule has 1 N–H and O–H groups in total. The molecule has 118 valence electrons. The molecular weight excluding hydrogens is 311 g/mol. The number of nitrogens with zero attached hydrogens (tertiary/aromatic N) is 1. The van der Waals surface area contributed by atoms with E-state index in [1.165, 1.54) is 26.0 Å². The topological polar surface area (TPSA) is 81.4 Å². The molecular formula is C14H15FN2O4S. The Morgan fingerprint density at radius 1 is 1.23 bits per heavy atom. The van der Waals surface area contributed by atoms with Gasteiger partial charge in [-0.1, -0.05) is 11.2 Å². The molecule has 0 saturated carbocycles. The molecule has 0 radical (unpaired) electrons. The number of nitrogens with one attached hydrogen (secondary N) is 1. The minimum absolute atomic E-state index is 0.0486. The zero-order valence-electron chi connectivity index (χ0n) is 12.1. The summed E-state index contributed by atoms with van der Waals surface area (Å²) >= 11 is 0. The molecule has 0 aliphatic carbocycles. The van der Waals surface area contributed by atoms with Crippen LogP contribution in [0.15, 0.2) is 33.7 Å². The third kappa shape index (κ3) is 2.84. The summed E-state index contributed by atoms with van der Waals surface area (Å²) in [5.41, 5.74) is 0.0807. The molecule has 6 nitrogen and oxygen atoms in total. The van der Waals surface area contributed by atoms with Crippen molar-refractivity contribution < 1.29 is 22.1 Å². The van der Waals surface area contributed by atoms with Gasteiger partial charge in [0, 0.05) is 6.07 Å². The number of hydrogen-bond acceptors (Lipinski definition) is 5. The lowest BCUT2D eigenvalue weighted by atomic mass is 10.1. The van der Waals surface area contributed by atoms with Gasteiger partial charge in [-0.05, 0) is 37.1 Å². The van der Waals surface area contributed by atoms with Crippen LogP contribution in [0, 0.1) is 0 Å². The van der Waals surface area contributed by atoms with Crippen LogP contribution in [0.3, 0.4) is 0 Å². The Morgan fingerprint density at radius 3 is 2.64 bits per heavy atom. The normalized spacial score (nSPS) is 14.9. The Labute approximate surface area is 127 Å². The fourth-order valence-corrected chi connectivity index (χ4v) is 3.15. The predicted molar refractivity (Wildman–Crippen MR) is 76.4 cm³/mol. The first-order valence-corrected chi connectivity index (χ1v) is 8.12. The molecule has 1 aliphatic rings. The van der Waals surface area contributed by atoms with E-state index in [1.807, 2.05) is 0 Å². The van der Waals surface area contributed by atoms with E-state index in [1.54, 1.807) is 12.1 Å². The summed E-state index contributed by atoms with van der Waals surface area (Å²) in [7, 11) is -3.82. The number of ether oxygens (including phenoxy) is 1. The first kappa shape index (κ1) is 15.0. The highest BCUT2D eigenvalue weighted by Gasteiger charge is 2.26. The lowest BCUT2D eigenvalue weighted by molar-refractivity contribution is 0.134. The van der Waals surface area contributed by atoms with Gasteiger partial charge in [-0.3, -0.25) is 4.72 Å². The third-order valence-corrected chi connectivity index (χ3v) is 4.69. The summed E-state index contributed by atoms with van der Waals surface area (Å²) in [5, 5.41) is 3.54. The lowest BCUT2D eigenvalue weighted by Crippen LogP contribution is -2.13. The van der Waals surface area contributed by atoms with Gasteiger partial charge in [0.25, 0.3) is 10.0 Å². The van der Waals surface area contributed by atoms with E-state index in [0.717, 1.165) is 11.1 Å². The number of rotatable bonds is 4. The van der Waals surface area contributed by atoms with Gasteiger partial charge in [0.1, 0.15) is 0 Å². The van der Waals surface area contributed by atoms with Crippen molar-refractivity contribution in [3.8, 4) is 0 Å². The Kier molecular flexibility index (Phi) is 3.45. The largest absolute Gasteiger partial charge is 0.372 e. The molecule has 0 saturated heterocycles. The van der Waals surface area contributed by atoms with Crippen molar-refractivity contribution in [2.24, 2.45) is 0 Å². The fourth-order valence-electron chi connectivity index (χ4n) is 2.12. The van der Waals surface area contributed by atoms with Crippen LogP contribution < -0.4 is 4.72 Å². The second kappa shape index (κ2) is 5.06. The zero-order chi connectivity index (χ0) is 16.0. The highest BCUT2D eigenvalue weighted by molar-refractivity contribution is 7.92. The smallest absolute Gasteiger partial charge is 0.263 e.